The zero-order valence-electron chi connectivity index (χ0n) is 13.7. The topological polar surface area (TPSA) is 24.1 Å². The smallest absolute Gasteiger partial charge is 0.171 e. The summed E-state index contributed by atoms with van der Waals surface area (Å²) in [7, 11) is 0. The van der Waals surface area contributed by atoms with Crippen LogP contribution in [0.15, 0.2) is 42.5 Å². The van der Waals surface area contributed by atoms with Crippen LogP contribution in [0.3, 0.4) is 0 Å². The first-order valence-corrected chi connectivity index (χ1v) is 8.14. The third-order valence-corrected chi connectivity index (χ3v) is 4.12. The zero-order valence-corrected chi connectivity index (χ0v) is 14.6. The molecule has 0 saturated carbocycles. The van der Waals surface area contributed by atoms with Gasteiger partial charge in [0.25, 0.3) is 0 Å². The van der Waals surface area contributed by atoms with Crippen molar-refractivity contribution in [3.8, 4) is 0 Å². The van der Waals surface area contributed by atoms with E-state index in [1.54, 1.807) is 0 Å². The Kier molecular flexibility index (Phi) is 5.56. The molecule has 0 aromatic heterocycles. The molecule has 0 fully saturated rings. The fourth-order valence-electron chi connectivity index (χ4n) is 2.61. The summed E-state index contributed by atoms with van der Waals surface area (Å²) in [6, 6.07) is 15.0. The summed E-state index contributed by atoms with van der Waals surface area (Å²) in [5, 5.41) is 7.36. The lowest BCUT2D eigenvalue weighted by Gasteiger charge is -2.20. The zero-order chi connectivity index (χ0) is 16.1. The van der Waals surface area contributed by atoms with Gasteiger partial charge in [-0.1, -0.05) is 48.9 Å². The summed E-state index contributed by atoms with van der Waals surface area (Å²) in [6.07, 6.45) is 0.984. The Morgan fingerprint density at radius 1 is 1.14 bits per heavy atom. The highest BCUT2D eigenvalue weighted by Crippen LogP contribution is 2.20. The summed E-state index contributed by atoms with van der Waals surface area (Å²) < 4.78 is 0. The highest BCUT2D eigenvalue weighted by molar-refractivity contribution is 7.80. The van der Waals surface area contributed by atoms with Crippen LogP contribution in [-0.2, 0) is 6.42 Å². The average Bonchev–Trinajstić information content (AvgIpc) is 2.50. The maximum absolute atomic E-state index is 5.47. The van der Waals surface area contributed by atoms with Crippen LogP contribution >= 0.6 is 12.2 Å². The molecule has 0 aliphatic carbocycles. The van der Waals surface area contributed by atoms with Gasteiger partial charge in [0.05, 0.1) is 6.04 Å². The van der Waals surface area contributed by atoms with Crippen molar-refractivity contribution < 1.29 is 0 Å². The molecule has 2 nitrogen and oxygen atoms in total. The van der Waals surface area contributed by atoms with Gasteiger partial charge in [-0.15, -0.1) is 0 Å². The fraction of sp³-hybridized carbons (Fsp3) is 0.316. The van der Waals surface area contributed by atoms with Crippen LogP contribution in [0.5, 0.6) is 0 Å². The molecule has 3 heteroatoms. The minimum Gasteiger partial charge on any atom is -0.356 e. The van der Waals surface area contributed by atoms with Crippen LogP contribution < -0.4 is 10.6 Å². The van der Waals surface area contributed by atoms with Crippen LogP contribution in [0, 0.1) is 13.8 Å². The van der Waals surface area contributed by atoms with Crippen molar-refractivity contribution in [1.82, 2.24) is 5.32 Å². The Bertz CT molecular complexity index is 664. The number of anilines is 1. The second-order valence-electron chi connectivity index (χ2n) is 5.69. The largest absolute Gasteiger partial charge is 0.356 e. The van der Waals surface area contributed by atoms with Crippen LogP contribution in [0.1, 0.15) is 42.1 Å². The fourth-order valence-corrected chi connectivity index (χ4v) is 2.90. The molecule has 0 radical (unpaired) electrons. The third-order valence-electron chi connectivity index (χ3n) is 3.90. The van der Waals surface area contributed by atoms with Crippen molar-refractivity contribution >= 4 is 23.0 Å². The number of benzene rings is 2. The van der Waals surface area contributed by atoms with Crippen molar-refractivity contribution in [3.63, 3.8) is 0 Å². The second-order valence-corrected chi connectivity index (χ2v) is 6.10. The molecule has 0 aliphatic rings. The summed E-state index contributed by atoms with van der Waals surface area (Å²) in [6.45, 7) is 8.54. The Labute approximate surface area is 139 Å². The van der Waals surface area contributed by atoms with Gasteiger partial charge in [-0.3, -0.25) is 0 Å². The first-order chi connectivity index (χ1) is 10.5. The molecule has 2 rings (SSSR count). The van der Waals surface area contributed by atoms with Crippen LogP contribution in [0.25, 0.3) is 0 Å². The van der Waals surface area contributed by atoms with Crippen molar-refractivity contribution in [1.29, 1.82) is 0 Å². The minimum absolute atomic E-state index is 0.175. The highest BCUT2D eigenvalue weighted by atomic mass is 32.1. The predicted octanol–water partition coefficient (Wildman–Crippen LogP) is 4.91. The number of rotatable bonds is 4. The SMILES string of the molecule is CCc1ccccc1NC(=S)NC(C)c1cc(C)ccc1C. The van der Waals surface area contributed by atoms with Gasteiger partial charge in [0.2, 0.25) is 0 Å². The van der Waals surface area contributed by atoms with Crippen molar-refractivity contribution in [2.75, 3.05) is 5.32 Å². The Hall–Kier alpha value is -1.87. The molecule has 0 spiro atoms. The lowest BCUT2D eigenvalue weighted by molar-refractivity contribution is 0.716. The van der Waals surface area contributed by atoms with Gasteiger partial charge in [0.15, 0.2) is 5.11 Å². The van der Waals surface area contributed by atoms with Crippen LogP contribution in [-0.4, -0.2) is 5.11 Å². The number of thiocarbonyl (C=S) groups is 1. The van der Waals surface area contributed by atoms with Crippen molar-refractivity contribution in [3.05, 3.63) is 64.7 Å². The molecule has 0 bridgehead atoms. The van der Waals surface area contributed by atoms with E-state index in [0.717, 1.165) is 12.1 Å². The Morgan fingerprint density at radius 3 is 2.59 bits per heavy atom. The summed E-state index contributed by atoms with van der Waals surface area (Å²) in [5.41, 5.74) is 6.18. The molecule has 2 aromatic carbocycles. The maximum atomic E-state index is 5.47. The maximum Gasteiger partial charge on any atom is 0.171 e. The van der Waals surface area contributed by atoms with E-state index in [-0.39, 0.29) is 6.04 Å². The number of hydrogen-bond acceptors (Lipinski definition) is 1. The highest BCUT2D eigenvalue weighted by Gasteiger charge is 2.10. The molecule has 22 heavy (non-hydrogen) atoms. The summed E-state index contributed by atoms with van der Waals surface area (Å²) >= 11 is 5.47. The normalized spacial score (nSPS) is 11.8. The molecular weight excluding hydrogens is 288 g/mol. The van der Waals surface area contributed by atoms with Gasteiger partial charge in [0, 0.05) is 5.69 Å². The number of aryl methyl sites for hydroxylation is 3. The monoisotopic (exact) mass is 312 g/mol. The Morgan fingerprint density at radius 2 is 1.86 bits per heavy atom. The summed E-state index contributed by atoms with van der Waals surface area (Å²) in [4.78, 5) is 0. The van der Waals surface area contributed by atoms with Gasteiger partial charge < -0.3 is 10.6 Å². The van der Waals surface area contributed by atoms with Crippen molar-refractivity contribution in [2.24, 2.45) is 0 Å². The van der Waals surface area contributed by atoms with E-state index < -0.39 is 0 Å². The second kappa shape index (κ2) is 7.41. The number of hydrogen-bond donors (Lipinski definition) is 2. The molecule has 0 aliphatic heterocycles. The van der Waals surface area contributed by atoms with E-state index in [0.29, 0.717) is 5.11 Å². The predicted molar refractivity (Wildman–Crippen MR) is 99.5 cm³/mol. The molecule has 0 amide bonds. The molecule has 0 heterocycles. The van der Waals surface area contributed by atoms with Gasteiger partial charge >= 0.3 is 0 Å². The van der Waals surface area contributed by atoms with Crippen LogP contribution in [0.4, 0.5) is 5.69 Å². The van der Waals surface area contributed by atoms with Crippen LogP contribution in [0.2, 0.25) is 0 Å². The molecular formula is C19H24N2S. The minimum atomic E-state index is 0.175. The lowest BCUT2D eigenvalue weighted by Crippen LogP contribution is -2.31. The first-order valence-electron chi connectivity index (χ1n) is 7.73. The molecule has 2 aromatic rings. The van der Waals surface area contributed by atoms with E-state index >= 15 is 0 Å². The van der Waals surface area contributed by atoms with E-state index in [1.807, 2.05) is 6.07 Å². The lowest BCUT2D eigenvalue weighted by atomic mass is 10.0. The quantitative estimate of drug-likeness (QED) is 0.784. The Balaban J connectivity index is 2.07. The van der Waals surface area contributed by atoms with Gasteiger partial charge in [0.1, 0.15) is 0 Å². The standard InChI is InChI=1S/C19H24N2S/c1-5-16-8-6-7-9-18(16)21-19(22)20-15(4)17-12-13(2)10-11-14(17)3/h6-12,15H,5H2,1-4H3,(H2,20,21,22). The average molecular weight is 312 g/mol. The van der Waals surface area contributed by atoms with Gasteiger partial charge in [-0.25, -0.2) is 0 Å². The van der Waals surface area contributed by atoms with Gasteiger partial charge in [-0.05, 0) is 62.2 Å². The number of para-hydroxylation sites is 1. The summed E-state index contributed by atoms with van der Waals surface area (Å²) in [5.74, 6) is 0. The van der Waals surface area contributed by atoms with E-state index in [4.69, 9.17) is 12.2 Å². The van der Waals surface area contributed by atoms with Gasteiger partial charge in [-0.2, -0.15) is 0 Å². The third kappa shape index (κ3) is 4.08. The molecule has 1 atom stereocenters. The first kappa shape index (κ1) is 16.5. The molecule has 0 saturated heterocycles. The number of nitrogens with one attached hydrogen (secondary N) is 2. The van der Waals surface area contributed by atoms with Crippen molar-refractivity contribution in [2.45, 2.75) is 40.2 Å². The molecule has 116 valence electrons. The molecule has 1 unspecified atom stereocenters. The van der Waals surface area contributed by atoms with E-state index in [2.05, 4.69) is 74.7 Å². The van der Waals surface area contributed by atoms with E-state index in [1.165, 1.54) is 22.3 Å². The van der Waals surface area contributed by atoms with E-state index in [9.17, 15) is 0 Å². The molecule has 2 N–H and O–H groups in total.